The van der Waals surface area contributed by atoms with E-state index in [4.69, 9.17) is 4.42 Å². The molecule has 4 rings (SSSR count). The Labute approximate surface area is 146 Å². The van der Waals surface area contributed by atoms with Crippen molar-refractivity contribution in [3.63, 3.8) is 0 Å². The number of aromatic nitrogens is 1. The van der Waals surface area contributed by atoms with E-state index < -0.39 is 0 Å². The summed E-state index contributed by atoms with van der Waals surface area (Å²) >= 11 is 0. The molecule has 0 saturated carbocycles. The molecule has 0 aliphatic carbocycles. The molecule has 0 amide bonds. The molecule has 0 atom stereocenters. The molecule has 0 fully saturated rings. The van der Waals surface area contributed by atoms with Crippen LogP contribution >= 0.6 is 0 Å². The topological polar surface area (TPSA) is 58.6 Å². The third kappa shape index (κ3) is 2.76. The molecule has 0 spiro atoms. The molecule has 0 saturated heterocycles. The fourth-order valence-electron chi connectivity index (χ4n) is 3.04. The van der Waals surface area contributed by atoms with Crippen LogP contribution in [0.5, 0.6) is 5.95 Å². The van der Waals surface area contributed by atoms with E-state index in [1.54, 1.807) is 0 Å². The first-order valence-electron chi connectivity index (χ1n) is 8.16. The van der Waals surface area contributed by atoms with E-state index in [0.717, 1.165) is 33.7 Å². The van der Waals surface area contributed by atoms with Crippen LogP contribution in [0.2, 0.25) is 0 Å². The second-order valence-corrected chi connectivity index (χ2v) is 6.35. The van der Waals surface area contributed by atoms with E-state index in [1.807, 2.05) is 56.3 Å². The zero-order valence-electron chi connectivity index (χ0n) is 14.4. The molecule has 1 aromatic heterocycles. The quantitative estimate of drug-likeness (QED) is 0.692. The molecule has 3 aromatic rings. The molecule has 1 aliphatic rings. The first-order valence-corrected chi connectivity index (χ1v) is 8.16. The number of aromatic hydroxyl groups is 1. The van der Waals surface area contributed by atoms with Crippen molar-refractivity contribution in [1.29, 1.82) is 0 Å². The third-order valence-electron chi connectivity index (χ3n) is 4.30. The lowest BCUT2D eigenvalue weighted by Gasteiger charge is -2.02. The highest BCUT2D eigenvalue weighted by Crippen LogP contribution is 2.38. The average molecular weight is 330 g/mol. The Morgan fingerprint density at radius 1 is 1.00 bits per heavy atom. The van der Waals surface area contributed by atoms with Crippen LogP contribution in [0.15, 0.2) is 51.9 Å². The van der Waals surface area contributed by atoms with Crippen molar-refractivity contribution < 1.29 is 9.52 Å². The van der Waals surface area contributed by atoms with E-state index in [2.05, 4.69) is 23.0 Å². The summed E-state index contributed by atoms with van der Waals surface area (Å²) in [5.41, 5.74) is 7.38. The maximum absolute atomic E-state index is 10.2. The minimum atomic E-state index is -0.182. The van der Waals surface area contributed by atoms with Crippen LogP contribution in [0.25, 0.3) is 23.1 Å². The smallest absolute Gasteiger partial charge is 0.310 e. The maximum atomic E-state index is 10.2. The Kier molecular flexibility index (Phi) is 3.53. The lowest BCUT2D eigenvalue weighted by molar-refractivity contribution is 0.336. The van der Waals surface area contributed by atoms with Gasteiger partial charge >= 0.3 is 5.95 Å². The average Bonchev–Trinajstić information content (AvgIpc) is 3.09. The summed E-state index contributed by atoms with van der Waals surface area (Å²) < 4.78 is 5.47. The number of allylic oxidation sites excluding steroid dienone is 1. The Morgan fingerprint density at radius 3 is 2.60 bits per heavy atom. The number of aryl methyl sites for hydroxylation is 2. The molecule has 4 nitrogen and oxygen atoms in total. The van der Waals surface area contributed by atoms with Crippen molar-refractivity contribution in [2.24, 2.45) is 4.99 Å². The molecule has 4 heteroatoms. The standard InChI is InChI=1S/C21H18N2O2/c1-12-5-4-6-15(9-12)20-23-19(21(24)25-20)11-16-14(3)22-18-8-7-13(2)10-17(16)18/h4-11,24H,1-3H3/b16-11+. The van der Waals surface area contributed by atoms with Gasteiger partial charge in [-0.2, -0.15) is 0 Å². The Balaban J connectivity index is 1.79. The van der Waals surface area contributed by atoms with Crippen LogP contribution in [-0.4, -0.2) is 15.8 Å². The van der Waals surface area contributed by atoms with Crippen LogP contribution in [0.3, 0.4) is 0 Å². The van der Waals surface area contributed by atoms with Gasteiger partial charge in [0.2, 0.25) is 5.89 Å². The van der Waals surface area contributed by atoms with Crippen LogP contribution in [0.1, 0.15) is 29.3 Å². The number of fused-ring (bicyclic) bond motifs is 1. The summed E-state index contributed by atoms with van der Waals surface area (Å²) in [6.45, 7) is 6.02. The fraction of sp³-hybridized carbons (Fsp3) is 0.143. The highest BCUT2D eigenvalue weighted by Gasteiger charge is 2.20. The van der Waals surface area contributed by atoms with Gasteiger partial charge in [0.15, 0.2) is 0 Å². The summed E-state index contributed by atoms with van der Waals surface area (Å²) in [5, 5.41) is 10.2. The maximum Gasteiger partial charge on any atom is 0.310 e. The van der Waals surface area contributed by atoms with Crippen LogP contribution in [-0.2, 0) is 0 Å². The highest BCUT2D eigenvalue weighted by molar-refractivity contribution is 6.31. The summed E-state index contributed by atoms with van der Waals surface area (Å²) in [6, 6.07) is 14.0. The van der Waals surface area contributed by atoms with Gasteiger partial charge in [-0.05, 0) is 51.1 Å². The number of oxazole rings is 1. The predicted molar refractivity (Wildman–Crippen MR) is 100 cm³/mol. The van der Waals surface area contributed by atoms with Gasteiger partial charge in [0.25, 0.3) is 0 Å². The second kappa shape index (κ2) is 5.74. The molecule has 0 bridgehead atoms. The van der Waals surface area contributed by atoms with Gasteiger partial charge in [-0.1, -0.05) is 29.3 Å². The van der Waals surface area contributed by atoms with E-state index in [9.17, 15) is 5.11 Å². The third-order valence-corrected chi connectivity index (χ3v) is 4.30. The summed E-state index contributed by atoms with van der Waals surface area (Å²) in [5.74, 6) is 0.225. The van der Waals surface area contributed by atoms with Crippen LogP contribution in [0, 0.1) is 13.8 Å². The largest absolute Gasteiger partial charge is 0.479 e. The van der Waals surface area contributed by atoms with Crippen molar-refractivity contribution >= 4 is 23.0 Å². The molecule has 1 N–H and O–H groups in total. The summed E-state index contributed by atoms with van der Waals surface area (Å²) in [6.07, 6.45) is 1.84. The number of nitrogens with zero attached hydrogens (tertiary/aromatic N) is 2. The molecule has 2 heterocycles. The van der Waals surface area contributed by atoms with Gasteiger partial charge in [-0.15, -0.1) is 0 Å². The fourth-order valence-corrected chi connectivity index (χ4v) is 3.04. The van der Waals surface area contributed by atoms with Crippen molar-refractivity contribution in [2.75, 3.05) is 0 Å². The van der Waals surface area contributed by atoms with Crippen molar-refractivity contribution in [3.8, 4) is 17.4 Å². The van der Waals surface area contributed by atoms with Gasteiger partial charge < -0.3 is 9.52 Å². The van der Waals surface area contributed by atoms with Gasteiger partial charge in [0.05, 0.1) is 5.69 Å². The SMILES string of the molecule is CC1=Nc2ccc(C)cc2/C1=C/c1nc(-c2cccc(C)c2)oc1O. The molecular weight excluding hydrogens is 312 g/mol. The highest BCUT2D eigenvalue weighted by atomic mass is 16.5. The van der Waals surface area contributed by atoms with Gasteiger partial charge in [0, 0.05) is 22.4 Å². The minimum absolute atomic E-state index is 0.182. The molecule has 25 heavy (non-hydrogen) atoms. The van der Waals surface area contributed by atoms with E-state index >= 15 is 0 Å². The zero-order valence-corrected chi connectivity index (χ0v) is 14.4. The predicted octanol–water partition coefficient (Wildman–Crippen LogP) is 5.31. The van der Waals surface area contributed by atoms with E-state index in [0.29, 0.717) is 11.6 Å². The molecule has 124 valence electrons. The monoisotopic (exact) mass is 330 g/mol. The number of benzene rings is 2. The summed E-state index contributed by atoms with van der Waals surface area (Å²) in [7, 11) is 0. The van der Waals surface area contributed by atoms with Gasteiger partial charge in [-0.3, -0.25) is 4.99 Å². The lowest BCUT2D eigenvalue weighted by atomic mass is 10.0. The van der Waals surface area contributed by atoms with Crippen molar-refractivity contribution in [2.45, 2.75) is 20.8 Å². The molecule has 0 unspecified atom stereocenters. The van der Waals surface area contributed by atoms with E-state index in [-0.39, 0.29) is 5.95 Å². The van der Waals surface area contributed by atoms with Crippen LogP contribution in [0.4, 0.5) is 5.69 Å². The zero-order chi connectivity index (χ0) is 17.6. The molecule has 2 aromatic carbocycles. The summed E-state index contributed by atoms with van der Waals surface area (Å²) in [4.78, 5) is 9.05. The Hall–Kier alpha value is -3.14. The molecular formula is C21H18N2O2. The van der Waals surface area contributed by atoms with Crippen LogP contribution < -0.4 is 0 Å². The number of aliphatic imine (C=N–C) groups is 1. The van der Waals surface area contributed by atoms with E-state index in [1.165, 1.54) is 5.56 Å². The first-order chi connectivity index (χ1) is 12.0. The lowest BCUT2D eigenvalue weighted by Crippen LogP contribution is -1.91. The normalized spacial score (nSPS) is 14.7. The number of hydrogen-bond donors (Lipinski definition) is 1. The minimum Gasteiger partial charge on any atom is -0.479 e. The van der Waals surface area contributed by atoms with Crippen molar-refractivity contribution in [1.82, 2.24) is 4.98 Å². The Morgan fingerprint density at radius 2 is 1.80 bits per heavy atom. The first kappa shape index (κ1) is 15.4. The molecule has 1 aliphatic heterocycles. The number of rotatable bonds is 2. The van der Waals surface area contributed by atoms with Gasteiger partial charge in [0.1, 0.15) is 5.69 Å². The molecule has 0 radical (unpaired) electrons. The van der Waals surface area contributed by atoms with Gasteiger partial charge in [-0.25, -0.2) is 4.98 Å². The Bertz CT molecular complexity index is 1040. The number of hydrogen-bond acceptors (Lipinski definition) is 4. The second-order valence-electron chi connectivity index (χ2n) is 6.35. The van der Waals surface area contributed by atoms with Crippen molar-refractivity contribution in [3.05, 3.63) is 64.8 Å².